The molecule has 1 nitrogen and oxygen atoms in total. The van der Waals surface area contributed by atoms with Crippen LogP contribution >= 0.6 is 0 Å². The van der Waals surface area contributed by atoms with Gasteiger partial charge in [-0.2, -0.15) is 0 Å². The van der Waals surface area contributed by atoms with E-state index in [-0.39, 0.29) is 0 Å². The lowest BCUT2D eigenvalue weighted by Crippen LogP contribution is -2.19. The Morgan fingerprint density at radius 2 is 1.91 bits per heavy atom. The Labute approximate surface area is 70.0 Å². The lowest BCUT2D eigenvalue weighted by Gasteiger charge is -2.09. The van der Waals surface area contributed by atoms with Crippen molar-refractivity contribution < 1.29 is 4.80 Å². The van der Waals surface area contributed by atoms with Gasteiger partial charge < -0.3 is 4.80 Å². The molecule has 0 saturated heterocycles. The molecule has 1 aromatic carbocycles. The normalized spacial score (nSPS) is 11.6. The molecule has 0 aliphatic carbocycles. The van der Waals surface area contributed by atoms with Crippen molar-refractivity contribution in [2.45, 2.75) is 19.8 Å². The maximum absolute atomic E-state index is 9.11. The Kier molecular flexibility index (Phi) is 2.85. The van der Waals surface area contributed by atoms with E-state index in [0.29, 0.717) is 5.92 Å². The van der Waals surface area contributed by atoms with Gasteiger partial charge in [-0.05, 0) is 16.7 Å². The second kappa shape index (κ2) is 3.69. The van der Waals surface area contributed by atoms with Crippen LogP contribution in [0.4, 0.5) is 0 Å². The molecule has 0 atom stereocenters. The summed E-state index contributed by atoms with van der Waals surface area (Å²) in [7, 11) is -0.980. The summed E-state index contributed by atoms with van der Waals surface area (Å²) in [4.78, 5) is 9.11. The number of hydrogen-bond acceptors (Lipinski definition) is 1. The van der Waals surface area contributed by atoms with Crippen LogP contribution in [-0.2, 0) is 0 Å². The van der Waals surface area contributed by atoms with Crippen LogP contribution in [0.25, 0.3) is 0 Å². The Balaban J connectivity index is 3.02. The topological polar surface area (TPSA) is 20.2 Å². The number of hydrogen-bond donors (Lipinski definition) is 1. The van der Waals surface area contributed by atoms with Crippen LogP contribution in [0.2, 0.25) is 0 Å². The molecular formula is C9H14OSi. The lowest BCUT2D eigenvalue weighted by atomic mass is 10.0. The summed E-state index contributed by atoms with van der Waals surface area (Å²) in [5, 5.41) is 1.18. The zero-order valence-corrected chi connectivity index (χ0v) is 8.46. The molecule has 0 radical (unpaired) electrons. The first-order chi connectivity index (χ1) is 5.25. The highest BCUT2D eigenvalue weighted by molar-refractivity contribution is 6.46. The summed E-state index contributed by atoms with van der Waals surface area (Å²) in [6.07, 6.45) is 0. The molecular weight excluding hydrogens is 152 g/mol. The molecule has 0 aliphatic rings. The van der Waals surface area contributed by atoms with Crippen molar-refractivity contribution in [3.63, 3.8) is 0 Å². The maximum Gasteiger partial charge on any atom is 0.188 e. The van der Waals surface area contributed by atoms with E-state index in [0.717, 1.165) is 0 Å². The van der Waals surface area contributed by atoms with E-state index < -0.39 is 9.76 Å². The summed E-state index contributed by atoms with van der Waals surface area (Å²) in [6, 6.07) is 8.15. The molecule has 0 unspecified atom stereocenters. The van der Waals surface area contributed by atoms with E-state index in [2.05, 4.69) is 19.9 Å². The average Bonchev–Trinajstić information content (AvgIpc) is 2.04. The van der Waals surface area contributed by atoms with Gasteiger partial charge in [0.2, 0.25) is 0 Å². The van der Waals surface area contributed by atoms with Gasteiger partial charge in [0.05, 0.1) is 0 Å². The third kappa shape index (κ3) is 1.91. The first kappa shape index (κ1) is 8.49. The predicted molar refractivity (Wildman–Crippen MR) is 50.9 cm³/mol. The fourth-order valence-corrected chi connectivity index (χ4v) is 2.19. The zero-order valence-electron chi connectivity index (χ0n) is 7.04. The second-order valence-electron chi connectivity index (χ2n) is 3.01. The van der Waals surface area contributed by atoms with E-state index in [1.165, 1.54) is 10.8 Å². The lowest BCUT2D eigenvalue weighted by molar-refractivity contribution is 0.614. The molecule has 0 fully saturated rings. The van der Waals surface area contributed by atoms with Crippen LogP contribution in [-0.4, -0.2) is 14.6 Å². The Bertz CT molecular complexity index is 233. The van der Waals surface area contributed by atoms with E-state index >= 15 is 0 Å². The average molecular weight is 166 g/mol. The van der Waals surface area contributed by atoms with Gasteiger partial charge in [0.1, 0.15) is 0 Å². The Hall–Kier alpha value is -0.603. The number of benzene rings is 1. The van der Waals surface area contributed by atoms with E-state index in [4.69, 9.17) is 4.80 Å². The minimum Gasteiger partial charge on any atom is -0.433 e. The molecule has 0 heterocycles. The van der Waals surface area contributed by atoms with Crippen LogP contribution in [0.15, 0.2) is 24.3 Å². The molecule has 0 saturated carbocycles. The van der Waals surface area contributed by atoms with E-state index in [1.807, 2.05) is 18.2 Å². The highest BCUT2D eigenvalue weighted by Gasteiger charge is 2.03. The molecule has 60 valence electrons. The quantitative estimate of drug-likeness (QED) is 0.635. The molecule has 0 aliphatic heterocycles. The largest absolute Gasteiger partial charge is 0.433 e. The van der Waals surface area contributed by atoms with Crippen molar-refractivity contribution in [1.29, 1.82) is 0 Å². The molecule has 1 rings (SSSR count). The molecule has 0 amide bonds. The smallest absolute Gasteiger partial charge is 0.188 e. The summed E-state index contributed by atoms with van der Waals surface area (Å²) >= 11 is 0. The molecule has 11 heavy (non-hydrogen) atoms. The highest BCUT2D eigenvalue weighted by atomic mass is 28.2. The maximum atomic E-state index is 9.11. The molecule has 2 heteroatoms. The SMILES string of the molecule is CC(C)c1ccccc1[SiH2]O. The van der Waals surface area contributed by atoms with Crippen LogP contribution in [0.1, 0.15) is 25.3 Å². The van der Waals surface area contributed by atoms with Gasteiger partial charge in [0.15, 0.2) is 9.76 Å². The van der Waals surface area contributed by atoms with Crippen molar-refractivity contribution >= 4 is 14.9 Å². The van der Waals surface area contributed by atoms with Crippen molar-refractivity contribution in [3.05, 3.63) is 29.8 Å². The Morgan fingerprint density at radius 3 is 2.36 bits per heavy atom. The summed E-state index contributed by atoms with van der Waals surface area (Å²) in [5.74, 6) is 0.533. The van der Waals surface area contributed by atoms with Crippen molar-refractivity contribution in [3.8, 4) is 0 Å². The van der Waals surface area contributed by atoms with E-state index in [9.17, 15) is 0 Å². The van der Waals surface area contributed by atoms with Crippen LogP contribution < -0.4 is 5.19 Å². The van der Waals surface area contributed by atoms with Crippen molar-refractivity contribution in [1.82, 2.24) is 0 Å². The van der Waals surface area contributed by atoms with Crippen LogP contribution in [0.5, 0.6) is 0 Å². The highest BCUT2D eigenvalue weighted by Crippen LogP contribution is 2.09. The van der Waals surface area contributed by atoms with Crippen LogP contribution in [0, 0.1) is 0 Å². The van der Waals surface area contributed by atoms with Crippen molar-refractivity contribution in [2.24, 2.45) is 0 Å². The van der Waals surface area contributed by atoms with Crippen LogP contribution in [0.3, 0.4) is 0 Å². The molecule has 1 N–H and O–H groups in total. The van der Waals surface area contributed by atoms with Gasteiger partial charge in [-0.1, -0.05) is 38.1 Å². The molecule has 0 aromatic heterocycles. The fraction of sp³-hybridized carbons (Fsp3) is 0.333. The minimum atomic E-state index is -0.980. The summed E-state index contributed by atoms with van der Waals surface area (Å²) in [5.41, 5.74) is 1.31. The van der Waals surface area contributed by atoms with Gasteiger partial charge in [0, 0.05) is 0 Å². The third-order valence-electron chi connectivity index (χ3n) is 1.85. The molecule has 0 bridgehead atoms. The van der Waals surface area contributed by atoms with Gasteiger partial charge in [0.25, 0.3) is 0 Å². The predicted octanol–water partition coefficient (Wildman–Crippen LogP) is 0.511. The van der Waals surface area contributed by atoms with Gasteiger partial charge in [-0.25, -0.2) is 0 Å². The summed E-state index contributed by atoms with van der Waals surface area (Å²) in [6.45, 7) is 4.31. The fourth-order valence-electron chi connectivity index (χ4n) is 1.24. The van der Waals surface area contributed by atoms with Crippen molar-refractivity contribution in [2.75, 3.05) is 0 Å². The Morgan fingerprint density at radius 1 is 1.27 bits per heavy atom. The number of rotatable bonds is 2. The summed E-state index contributed by atoms with van der Waals surface area (Å²) < 4.78 is 0. The first-order valence-corrected chi connectivity index (χ1v) is 5.28. The molecule has 1 aromatic rings. The van der Waals surface area contributed by atoms with Gasteiger partial charge >= 0.3 is 0 Å². The third-order valence-corrected chi connectivity index (χ3v) is 2.83. The minimum absolute atomic E-state index is 0.533. The van der Waals surface area contributed by atoms with Gasteiger partial charge in [-0.15, -0.1) is 0 Å². The second-order valence-corrected chi connectivity index (χ2v) is 4.09. The monoisotopic (exact) mass is 166 g/mol. The standard InChI is InChI=1S/C9H14OSi/c1-7(2)8-5-3-4-6-9(8)11-10/h3-7,10H,11H2,1-2H3. The zero-order chi connectivity index (χ0) is 8.27. The first-order valence-electron chi connectivity index (χ1n) is 3.94. The van der Waals surface area contributed by atoms with E-state index in [1.54, 1.807) is 0 Å². The molecule has 0 spiro atoms. The van der Waals surface area contributed by atoms with Gasteiger partial charge in [-0.3, -0.25) is 0 Å².